The van der Waals surface area contributed by atoms with Crippen molar-refractivity contribution in [2.45, 2.75) is 38.4 Å². The van der Waals surface area contributed by atoms with E-state index in [2.05, 4.69) is 35.1 Å². The molecule has 3 aliphatic heterocycles. The average Bonchev–Trinajstić information content (AvgIpc) is 3.42. The van der Waals surface area contributed by atoms with Crippen LogP contribution in [0.4, 0.5) is 0 Å². The number of para-hydroxylation sites is 1. The number of carbonyl (C=O) groups excluding carboxylic acids is 1. The van der Waals surface area contributed by atoms with E-state index in [-0.39, 0.29) is 11.5 Å². The molecule has 4 heterocycles. The molecule has 0 unspecified atom stereocenters. The number of hydrogen-bond donors (Lipinski definition) is 2. The molecule has 0 saturated carbocycles. The monoisotopic (exact) mass is 379 g/mol. The smallest absolute Gasteiger partial charge is 0.267 e. The van der Waals surface area contributed by atoms with Gasteiger partial charge < -0.3 is 15.0 Å². The van der Waals surface area contributed by atoms with Crippen LogP contribution in [0.25, 0.3) is 10.9 Å². The Morgan fingerprint density at radius 1 is 1.39 bits per heavy atom. The van der Waals surface area contributed by atoms with E-state index in [1.54, 1.807) is 0 Å². The number of nitrogens with one attached hydrogen (secondary N) is 2. The maximum atomic E-state index is 12.7. The summed E-state index contributed by atoms with van der Waals surface area (Å²) in [6.45, 7) is 8.11. The van der Waals surface area contributed by atoms with Crippen molar-refractivity contribution in [1.82, 2.24) is 15.2 Å². The third-order valence-corrected chi connectivity index (χ3v) is 6.89. The van der Waals surface area contributed by atoms with Gasteiger partial charge in [-0.25, -0.2) is 0 Å². The van der Waals surface area contributed by atoms with Gasteiger partial charge in [-0.3, -0.25) is 9.69 Å². The van der Waals surface area contributed by atoms with Gasteiger partial charge in [0.25, 0.3) is 5.91 Å². The molecule has 1 amide bonds. The first-order chi connectivity index (χ1) is 13.5. The molecule has 2 aromatic rings. The van der Waals surface area contributed by atoms with Gasteiger partial charge in [0.1, 0.15) is 5.69 Å². The highest BCUT2D eigenvalue weighted by atomic mass is 16.5. The van der Waals surface area contributed by atoms with E-state index in [0.29, 0.717) is 30.2 Å². The predicted octanol–water partition coefficient (Wildman–Crippen LogP) is 3.34. The van der Waals surface area contributed by atoms with Gasteiger partial charge in [-0.05, 0) is 38.8 Å². The molecule has 0 radical (unpaired) electrons. The van der Waals surface area contributed by atoms with E-state index in [0.717, 1.165) is 37.0 Å². The van der Waals surface area contributed by atoms with Gasteiger partial charge in [-0.1, -0.05) is 29.8 Å². The fraction of sp³-hybridized carbons (Fsp3) is 0.522. The van der Waals surface area contributed by atoms with E-state index in [1.807, 2.05) is 30.3 Å². The van der Waals surface area contributed by atoms with Gasteiger partial charge >= 0.3 is 0 Å². The van der Waals surface area contributed by atoms with E-state index in [9.17, 15) is 4.79 Å². The minimum atomic E-state index is -0.0209. The van der Waals surface area contributed by atoms with Crippen molar-refractivity contribution in [2.24, 2.45) is 11.8 Å². The first-order valence-electron chi connectivity index (χ1n) is 10.4. The van der Waals surface area contributed by atoms with Gasteiger partial charge in [-0.15, -0.1) is 0 Å². The highest BCUT2D eigenvalue weighted by Crippen LogP contribution is 2.54. The fourth-order valence-corrected chi connectivity index (χ4v) is 5.51. The zero-order chi connectivity index (χ0) is 19.3. The van der Waals surface area contributed by atoms with Crippen molar-refractivity contribution in [2.75, 3.05) is 26.2 Å². The predicted molar refractivity (Wildman–Crippen MR) is 110 cm³/mol. The average molecular weight is 380 g/mol. The van der Waals surface area contributed by atoms with Crippen molar-refractivity contribution >= 4 is 16.8 Å². The number of aromatic amines is 1. The lowest BCUT2D eigenvalue weighted by molar-refractivity contribution is 0.00363. The minimum Gasteiger partial charge on any atom is -0.370 e. The Kier molecular flexibility index (Phi) is 4.33. The van der Waals surface area contributed by atoms with Crippen molar-refractivity contribution < 1.29 is 9.53 Å². The second-order valence-corrected chi connectivity index (χ2v) is 8.99. The molecule has 2 bridgehead atoms. The lowest BCUT2D eigenvalue weighted by Crippen LogP contribution is -2.42. The lowest BCUT2D eigenvalue weighted by atomic mass is 9.73. The third kappa shape index (κ3) is 2.97. The SMILES string of the molecule is CC(C)=CCN1C[C@@H]2[C@H](CNC(=O)c3cc4ccccc4[nH]3)[C@H]3CC[C@]2(C1)O3. The number of likely N-dealkylation sites (tertiary alicyclic amines) is 1. The molecule has 1 aromatic heterocycles. The summed E-state index contributed by atoms with van der Waals surface area (Å²) in [6.07, 6.45) is 4.90. The van der Waals surface area contributed by atoms with Crippen LogP contribution < -0.4 is 5.32 Å². The number of aromatic nitrogens is 1. The highest BCUT2D eigenvalue weighted by molar-refractivity contribution is 5.97. The van der Waals surface area contributed by atoms with Crippen LogP contribution in [0.15, 0.2) is 42.0 Å². The summed E-state index contributed by atoms with van der Waals surface area (Å²) < 4.78 is 6.50. The van der Waals surface area contributed by atoms with E-state index >= 15 is 0 Å². The Morgan fingerprint density at radius 2 is 2.25 bits per heavy atom. The molecule has 3 fully saturated rings. The van der Waals surface area contributed by atoms with Crippen molar-refractivity contribution in [3.05, 3.63) is 47.7 Å². The van der Waals surface area contributed by atoms with Crippen LogP contribution in [0.5, 0.6) is 0 Å². The number of H-pyrrole nitrogens is 1. The third-order valence-electron chi connectivity index (χ3n) is 6.89. The zero-order valence-electron chi connectivity index (χ0n) is 16.7. The van der Waals surface area contributed by atoms with Crippen molar-refractivity contribution in [3.8, 4) is 0 Å². The first kappa shape index (κ1) is 18.0. The molecule has 4 atom stereocenters. The number of rotatable bonds is 5. The Balaban J connectivity index is 1.25. The normalized spacial score (nSPS) is 31.3. The van der Waals surface area contributed by atoms with Crippen LogP contribution in [0.1, 0.15) is 37.2 Å². The molecule has 2 N–H and O–H groups in total. The zero-order valence-corrected chi connectivity index (χ0v) is 16.7. The van der Waals surface area contributed by atoms with E-state index in [1.165, 1.54) is 12.0 Å². The Morgan fingerprint density at radius 3 is 3.07 bits per heavy atom. The number of carbonyl (C=O) groups is 1. The Hall–Kier alpha value is -2.11. The standard InChI is InChI=1S/C23H29N3O2/c1-15(2)8-10-26-13-18-17(21-7-9-23(18,14-26)28-21)12-24-22(27)20-11-16-5-3-4-6-19(16)25-20/h3-6,8,11,17-18,21,25H,7,9-10,12-14H2,1-2H3,(H,24,27)/t17-,18+,21+,23+/m0/s1. The van der Waals surface area contributed by atoms with Crippen LogP contribution in [0.2, 0.25) is 0 Å². The van der Waals surface area contributed by atoms with Crippen LogP contribution >= 0.6 is 0 Å². The van der Waals surface area contributed by atoms with Gasteiger partial charge in [-0.2, -0.15) is 0 Å². The number of benzene rings is 1. The summed E-state index contributed by atoms with van der Waals surface area (Å²) in [6, 6.07) is 9.92. The number of ether oxygens (including phenoxy) is 1. The minimum absolute atomic E-state index is 0.0209. The molecule has 1 spiro atoms. The van der Waals surface area contributed by atoms with E-state index in [4.69, 9.17) is 4.74 Å². The molecule has 0 aliphatic carbocycles. The number of fused-ring (bicyclic) bond motifs is 2. The molecule has 148 valence electrons. The first-order valence-corrected chi connectivity index (χ1v) is 10.4. The van der Waals surface area contributed by atoms with E-state index < -0.39 is 0 Å². The maximum absolute atomic E-state index is 12.7. The van der Waals surface area contributed by atoms with Gasteiger partial charge in [0, 0.05) is 48.9 Å². The lowest BCUT2D eigenvalue weighted by Gasteiger charge is -2.29. The molecular weight excluding hydrogens is 350 g/mol. The Bertz CT molecular complexity index is 896. The second kappa shape index (κ2) is 6.75. The van der Waals surface area contributed by atoms with Gasteiger partial charge in [0.05, 0.1) is 11.7 Å². The quantitative estimate of drug-likeness (QED) is 0.784. The second-order valence-electron chi connectivity index (χ2n) is 8.99. The van der Waals surface area contributed by atoms with Crippen LogP contribution in [-0.4, -0.2) is 53.7 Å². The molecule has 1 aromatic carbocycles. The summed E-state index contributed by atoms with van der Waals surface area (Å²) in [5, 5.41) is 4.25. The number of amides is 1. The van der Waals surface area contributed by atoms with Crippen LogP contribution in [0.3, 0.4) is 0 Å². The van der Waals surface area contributed by atoms with Crippen LogP contribution in [0, 0.1) is 11.8 Å². The van der Waals surface area contributed by atoms with Gasteiger partial charge in [0.15, 0.2) is 0 Å². The molecule has 5 heteroatoms. The molecule has 28 heavy (non-hydrogen) atoms. The Labute approximate surface area is 166 Å². The fourth-order valence-electron chi connectivity index (χ4n) is 5.51. The summed E-state index contributed by atoms with van der Waals surface area (Å²) in [4.78, 5) is 18.5. The van der Waals surface area contributed by atoms with Crippen molar-refractivity contribution in [1.29, 1.82) is 0 Å². The summed E-state index contributed by atoms with van der Waals surface area (Å²) >= 11 is 0. The maximum Gasteiger partial charge on any atom is 0.267 e. The topological polar surface area (TPSA) is 57.4 Å². The van der Waals surface area contributed by atoms with Gasteiger partial charge in [0.2, 0.25) is 0 Å². The molecule has 3 saturated heterocycles. The number of nitrogens with zero attached hydrogens (tertiary/aromatic N) is 1. The molecule has 5 nitrogen and oxygen atoms in total. The molecular formula is C23H29N3O2. The summed E-state index contributed by atoms with van der Waals surface area (Å²) in [5.41, 5.74) is 3.02. The summed E-state index contributed by atoms with van der Waals surface area (Å²) in [5.74, 6) is 0.922. The largest absolute Gasteiger partial charge is 0.370 e. The van der Waals surface area contributed by atoms with Crippen molar-refractivity contribution in [3.63, 3.8) is 0 Å². The summed E-state index contributed by atoms with van der Waals surface area (Å²) in [7, 11) is 0. The van der Waals surface area contributed by atoms with Crippen LogP contribution in [-0.2, 0) is 4.74 Å². The number of allylic oxidation sites excluding steroid dienone is 1. The highest BCUT2D eigenvalue weighted by Gasteiger charge is 2.62. The molecule has 5 rings (SSSR count). The number of hydrogen-bond acceptors (Lipinski definition) is 3. The molecule has 3 aliphatic rings.